The van der Waals surface area contributed by atoms with Gasteiger partial charge >= 0.3 is 0 Å². The normalized spacial score (nSPS) is 19.9. The zero-order chi connectivity index (χ0) is 22.5. The van der Waals surface area contributed by atoms with Crippen LogP contribution in [-0.4, -0.2) is 64.5 Å². The average molecular weight is 444 g/mol. The first-order chi connectivity index (χ1) is 16.1. The molecule has 2 N–H and O–H groups in total. The van der Waals surface area contributed by atoms with Crippen LogP contribution in [0.25, 0.3) is 10.8 Å². The molecule has 168 valence electrons. The molecule has 1 aliphatic carbocycles. The van der Waals surface area contributed by atoms with Crippen LogP contribution in [0.2, 0.25) is 0 Å². The van der Waals surface area contributed by atoms with Gasteiger partial charge in [-0.2, -0.15) is 5.10 Å². The molecule has 0 spiro atoms. The van der Waals surface area contributed by atoms with Crippen LogP contribution < -0.4 is 10.9 Å². The summed E-state index contributed by atoms with van der Waals surface area (Å²) >= 11 is 0. The van der Waals surface area contributed by atoms with Crippen molar-refractivity contribution < 1.29 is 9.59 Å². The van der Waals surface area contributed by atoms with Gasteiger partial charge in [-0.3, -0.25) is 14.4 Å². The Balaban J connectivity index is 1.20. The molecule has 8 heteroatoms. The number of nitrogens with zero attached hydrogens (tertiary/aromatic N) is 3. The summed E-state index contributed by atoms with van der Waals surface area (Å²) in [4.78, 5) is 41.2. The van der Waals surface area contributed by atoms with Gasteiger partial charge in [0.05, 0.1) is 11.1 Å². The highest BCUT2D eigenvalue weighted by Gasteiger charge is 2.35. The van der Waals surface area contributed by atoms with E-state index in [4.69, 9.17) is 0 Å². The average Bonchev–Trinajstić information content (AvgIpc) is 3.71. The van der Waals surface area contributed by atoms with E-state index >= 15 is 0 Å². The minimum Gasteiger partial charge on any atom is -0.383 e. The van der Waals surface area contributed by atoms with Crippen molar-refractivity contribution in [1.82, 2.24) is 20.0 Å². The molecule has 1 aromatic heterocycles. The molecule has 1 unspecified atom stereocenters. The summed E-state index contributed by atoms with van der Waals surface area (Å²) in [5.41, 5.74) is 3.24. The van der Waals surface area contributed by atoms with Crippen molar-refractivity contribution in [2.45, 2.75) is 18.8 Å². The molecule has 3 aliphatic rings. The number of aromatic nitrogens is 2. The molecule has 0 radical (unpaired) electrons. The van der Waals surface area contributed by atoms with Crippen LogP contribution in [0.15, 0.2) is 47.3 Å². The fraction of sp³-hybridized carbons (Fsp3) is 0.360. The van der Waals surface area contributed by atoms with E-state index in [1.54, 1.807) is 0 Å². The van der Waals surface area contributed by atoms with E-state index in [1.807, 2.05) is 52.3 Å². The topological polar surface area (TPSA) is 98.4 Å². The predicted octanol–water partition coefficient (Wildman–Crippen LogP) is 2.17. The van der Waals surface area contributed by atoms with Gasteiger partial charge in [0.25, 0.3) is 11.5 Å². The number of hydrogen-bond acceptors (Lipinski definition) is 5. The maximum Gasteiger partial charge on any atom is 0.272 e. The number of carbonyl (C=O) groups is 2. The summed E-state index contributed by atoms with van der Waals surface area (Å²) in [6.45, 7) is 3.03. The van der Waals surface area contributed by atoms with Gasteiger partial charge in [0, 0.05) is 61.2 Å². The fourth-order valence-corrected chi connectivity index (χ4v) is 4.99. The molecule has 1 atom stereocenters. The maximum atomic E-state index is 13.0. The molecule has 33 heavy (non-hydrogen) atoms. The van der Waals surface area contributed by atoms with Gasteiger partial charge in [0.15, 0.2) is 0 Å². The molecule has 2 amide bonds. The molecule has 0 bridgehead atoms. The Morgan fingerprint density at radius 3 is 2.39 bits per heavy atom. The monoisotopic (exact) mass is 443 g/mol. The van der Waals surface area contributed by atoms with Crippen molar-refractivity contribution in [3.8, 4) is 0 Å². The Hall–Kier alpha value is -3.68. The van der Waals surface area contributed by atoms with Crippen LogP contribution in [0.3, 0.4) is 0 Å². The summed E-state index contributed by atoms with van der Waals surface area (Å²) in [5, 5.41) is 11.9. The van der Waals surface area contributed by atoms with Crippen LogP contribution in [0, 0.1) is 5.92 Å². The highest BCUT2D eigenvalue weighted by atomic mass is 16.2. The largest absolute Gasteiger partial charge is 0.383 e. The van der Waals surface area contributed by atoms with Crippen molar-refractivity contribution >= 4 is 28.3 Å². The quantitative estimate of drug-likeness (QED) is 0.647. The van der Waals surface area contributed by atoms with Crippen molar-refractivity contribution in [2.24, 2.45) is 5.92 Å². The SMILES string of the molecule is O=C(c1ccc(C2CNc3cccc4c(=O)[nH]nc2c34)cc1)N1CCN(C(=O)C2CC2)CC1. The van der Waals surface area contributed by atoms with Gasteiger partial charge in [0.1, 0.15) is 0 Å². The van der Waals surface area contributed by atoms with Gasteiger partial charge in [-0.25, -0.2) is 5.10 Å². The number of amides is 2. The van der Waals surface area contributed by atoms with Crippen molar-refractivity contribution in [3.63, 3.8) is 0 Å². The Morgan fingerprint density at radius 2 is 1.67 bits per heavy atom. The number of H-pyrrole nitrogens is 1. The number of aromatic amines is 1. The highest BCUT2D eigenvalue weighted by Crippen LogP contribution is 2.36. The molecule has 8 nitrogen and oxygen atoms in total. The maximum absolute atomic E-state index is 13.0. The zero-order valence-electron chi connectivity index (χ0n) is 18.2. The third-order valence-corrected chi connectivity index (χ3v) is 7.03. The highest BCUT2D eigenvalue weighted by molar-refractivity contribution is 5.97. The lowest BCUT2D eigenvalue weighted by Gasteiger charge is -2.35. The molecular formula is C25H25N5O3. The van der Waals surface area contributed by atoms with Gasteiger partial charge in [-0.1, -0.05) is 18.2 Å². The summed E-state index contributed by atoms with van der Waals surface area (Å²) in [6.07, 6.45) is 2.01. The van der Waals surface area contributed by atoms with E-state index in [0.717, 1.165) is 35.2 Å². The van der Waals surface area contributed by atoms with Crippen LogP contribution in [0.1, 0.15) is 40.4 Å². The molecule has 6 rings (SSSR count). The molecule has 3 aromatic rings. The van der Waals surface area contributed by atoms with Crippen molar-refractivity contribution in [1.29, 1.82) is 0 Å². The van der Waals surface area contributed by atoms with Crippen LogP contribution in [0.5, 0.6) is 0 Å². The number of piperazine rings is 1. The van der Waals surface area contributed by atoms with Gasteiger partial charge in [-0.05, 0) is 42.7 Å². The summed E-state index contributed by atoms with van der Waals surface area (Å²) < 4.78 is 0. The first-order valence-corrected chi connectivity index (χ1v) is 11.5. The minimum absolute atomic E-state index is 0.00302. The summed E-state index contributed by atoms with van der Waals surface area (Å²) in [7, 11) is 0. The van der Waals surface area contributed by atoms with Crippen LogP contribution in [-0.2, 0) is 4.79 Å². The second-order valence-electron chi connectivity index (χ2n) is 9.11. The van der Waals surface area contributed by atoms with Crippen LogP contribution in [0.4, 0.5) is 5.69 Å². The van der Waals surface area contributed by atoms with Crippen molar-refractivity contribution in [3.05, 3.63) is 69.6 Å². The Bertz CT molecular complexity index is 1300. The Morgan fingerprint density at radius 1 is 0.939 bits per heavy atom. The Labute approximate surface area is 190 Å². The van der Waals surface area contributed by atoms with E-state index < -0.39 is 0 Å². The van der Waals surface area contributed by atoms with Gasteiger partial charge in [-0.15, -0.1) is 0 Å². The standard InChI is InChI=1S/C25H25N5O3/c31-23-18-2-1-3-20-21(18)22(27-28-23)19(14-26-20)15-4-6-16(7-5-15)24(32)29-10-12-30(13-11-29)25(33)17-8-9-17/h1-7,17,19,26H,8-14H2,(H,28,31). The number of carbonyl (C=O) groups excluding carboxylic acids is 2. The smallest absolute Gasteiger partial charge is 0.272 e. The Kier molecular flexibility index (Phi) is 4.67. The second-order valence-corrected chi connectivity index (χ2v) is 9.11. The second kappa shape index (κ2) is 7.72. The molecular weight excluding hydrogens is 418 g/mol. The number of anilines is 1. The molecule has 1 saturated heterocycles. The minimum atomic E-state index is -0.196. The summed E-state index contributed by atoms with van der Waals surface area (Å²) in [5.74, 6) is 0.440. The lowest BCUT2D eigenvalue weighted by Crippen LogP contribution is -2.51. The van der Waals surface area contributed by atoms with Crippen molar-refractivity contribution in [2.75, 3.05) is 38.0 Å². The summed E-state index contributed by atoms with van der Waals surface area (Å²) in [6, 6.07) is 13.3. The predicted molar refractivity (Wildman–Crippen MR) is 124 cm³/mol. The number of benzene rings is 2. The third-order valence-electron chi connectivity index (χ3n) is 7.03. The lowest BCUT2D eigenvalue weighted by atomic mass is 9.88. The van der Waals surface area contributed by atoms with Crippen LogP contribution >= 0.6 is 0 Å². The van der Waals surface area contributed by atoms with Gasteiger partial charge < -0.3 is 15.1 Å². The number of rotatable bonds is 3. The van der Waals surface area contributed by atoms with Gasteiger partial charge in [0.2, 0.25) is 5.91 Å². The van der Waals surface area contributed by atoms with E-state index in [1.165, 1.54) is 0 Å². The van der Waals surface area contributed by atoms with E-state index in [0.29, 0.717) is 43.7 Å². The number of nitrogens with one attached hydrogen (secondary N) is 2. The molecule has 2 aromatic carbocycles. The molecule has 1 saturated carbocycles. The van der Waals surface area contributed by atoms with E-state index in [9.17, 15) is 14.4 Å². The fourth-order valence-electron chi connectivity index (χ4n) is 4.99. The number of hydrogen-bond donors (Lipinski definition) is 2. The molecule has 3 heterocycles. The first kappa shape index (κ1) is 20.0. The third kappa shape index (κ3) is 3.46. The zero-order valence-corrected chi connectivity index (χ0v) is 18.2. The lowest BCUT2D eigenvalue weighted by molar-refractivity contribution is -0.134. The first-order valence-electron chi connectivity index (χ1n) is 11.5. The van der Waals surface area contributed by atoms with E-state index in [-0.39, 0.29) is 29.2 Å². The molecule has 2 fully saturated rings. The molecule has 2 aliphatic heterocycles. The van der Waals surface area contributed by atoms with E-state index in [2.05, 4.69) is 15.5 Å².